The van der Waals surface area contributed by atoms with E-state index in [1.165, 1.54) is 13.2 Å². The Morgan fingerprint density at radius 1 is 1.19 bits per heavy atom. The van der Waals surface area contributed by atoms with E-state index in [4.69, 9.17) is 4.42 Å². The molecule has 1 saturated heterocycles. The predicted octanol–water partition coefficient (Wildman–Crippen LogP) is 4.23. The van der Waals surface area contributed by atoms with Gasteiger partial charge in [0.25, 0.3) is 11.1 Å². The quantitative estimate of drug-likeness (QED) is 0.579. The predicted molar refractivity (Wildman–Crippen MR) is 102 cm³/mol. The van der Waals surface area contributed by atoms with E-state index in [1.807, 2.05) is 32.9 Å². The maximum Gasteiger partial charge on any atom is 0.373 e. The van der Waals surface area contributed by atoms with Gasteiger partial charge < -0.3 is 9.15 Å². The molecule has 0 N–H and O–H groups in total. The van der Waals surface area contributed by atoms with Gasteiger partial charge in [-0.15, -0.1) is 0 Å². The van der Waals surface area contributed by atoms with E-state index < -0.39 is 5.97 Å². The van der Waals surface area contributed by atoms with E-state index in [0.29, 0.717) is 10.7 Å². The number of hydrogen-bond donors (Lipinski definition) is 0. The first-order chi connectivity index (χ1) is 12.8. The third-order valence-corrected chi connectivity index (χ3v) is 5.16. The number of benzene rings is 1. The zero-order valence-electron chi connectivity index (χ0n) is 15.5. The number of carbonyl (C=O) groups excluding carboxylic acids is 3. The summed E-state index contributed by atoms with van der Waals surface area (Å²) in [4.78, 5) is 37.9. The lowest BCUT2D eigenvalue weighted by molar-refractivity contribution is -0.123. The van der Waals surface area contributed by atoms with Crippen LogP contribution in [-0.2, 0) is 16.1 Å². The molecule has 1 aliphatic heterocycles. The van der Waals surface area contributed by atoms with Crippen molar-refractivity contribution < 1.29 is 23.5 Å². The van der Waals surface area contributed by atoms with Crippen LogP contribution < -0.4 is 0 Å². The van der Waals surface area contributed by atoms with Crippen molar-refractivity contribution in [3.63, 3.8) is 0 Å². The van der Waals surface area contributed by atoms with Crippen LogP contribution in [0.25, 0.3) is 6.08 Å². The summed E-state index contributed by atoms with van der Waals surface area (Å²) < 4.78 is 9.93. The Morgan fingerprint density at radius 3 is 2.48 bits per heavy atom. The van der Waals surface area contributed by atoms with E-state index in [9.17, 15) is 14.4 Å². The van der Waals surface area contributed by atoms with Crippen molar-refractivity contribution in [3.05, 3.63) is 62.9 Å². The number of esters is 1. The summed E-state index contributed by atoms with van der Waals surface area (Å²) in [6, 6.07) is 7.09. The van der Waals surface area contributed by atoms with E-state index >= 15 is 0 Å². The van der Waals surface area contributed by atoms with Gasteiger partial charge in [-0.3, -0.25) is 14.5 Å². The highest BCUT2D eigenvalue weighted by atomic mass is 32.2. The van der Waals surface area contributed by atoms with Gasteiger partial charge in [-0.05, 0) is 67.4 Å². The molecule has 0 atom stereocenters. The summed E-state index contributed by atoms with van der Waals surface area (Å²) >= 11 is 0.900. The largest absolute Gasteiger partial charge is 0.463 e. The van der Waals surface area contributed by atoms with Crippen LogP contribution in [0.3, 0.4) is 0 Å². The van der Waals surface area contributed by atoms with Crippen LogP contribution >= 0.6 is 11.8 Å². The number of imide groups is 1. The first-order valence-corrected chi connectivity index (χ1v) is 9.12. The van der Waals surface area contributed by atoms with Crippen molar-refractivity contribution in [2.24, 2.45) is 0 Å². The molecule has 140 valence electrons. The Kier molecular flexibility index (Phi) is 5.23. The number of hydrogen-bond acceptors (Lipinski definition) is 6. The summed E-state index contributed by atoms with van der Waals surface area (Å²) in [7, 11) is 1.25. The van der Waals surface area contributed by atoms with Crippen LogP contribution in [-0.4, -0.2) is 29.1 Å². The normalized spacial score (nSPS) is 15.7. The number of furan rings is 1. The van der Waals surface area contributed by atoms with Crippen molar-refractivity contribution in [1.82, 2.24) is 4.90 Å². The molecular weight excluding hydrogens is 366 g/mol. The molecule has 1 aromatic heterocycles. The van der Waals surface area contributed by atoms with Gasteiger partial charge in [0.15, 0.2) is 0 Å². The maximum atomic E-state index is 12.7. The minimum Gasteiger partial charge on any atom is -0.463 e. The number of thioether (sulfide) groups is 1. The second kappa shape index (κ2) is 7.44. The molecule has 2 aromatic rings. The van der Waals surface area contributed by atoms with Crippen LogP contribution in [0.15, 0.2) is 33.6 Å². The maximum absolute atomic E-state index is 12.7. The van der Waals surface area contributed by atoms with Crippen molar-refractivity contribution >= 4 is 35.0 Å². The molecule has 2 heterocycles. The molecule has 0 radical (unpaired) electrons. The van der Waals surface area contributed by atoms with Crippen LogP contribution in [0.2, 0.25) is 0 Å². The van der Waals surface area contributed by atoms with Crippen molar-refractivity contribution in [2.45, 2.75) is 27.3 Å². The molecule has 1 aromatic carbocycles. The second-order valence-corrected chi connectivity index (χ2v) is 7.33. The fourth-order valence-corrected chi connectivity index (χ4v) is 3.84. The zero-order chi connectivity index (χ0) is 19.7. The number of ether oxygens (including phenoxy) is 1. The topological polar surface area (TPSA) is 76.8 Å². The van der Waals surface area contributed by atoms with Crippen molar-refractivity contribution in [2.75, 3.05) is 7.11 Å². The van der Waals surface area contributed by atoms with E-state index in [-0.39, 0.29) is 23.5 Å². The van der Waals surface area contributed by atoms with Gasteiger partial charge in [-0.1, -0.05) is 17.7 Å². The molecular formula is C20H19NO5S. The van der Waals surface area contributed by atoms with Crippen LogP contribution in [0.5, 0.6) is 0 Å². The van der Waals surface area contributed by atoms with E-state index in [0.717, 1.165) is 38.9 Å². The lowest BCUT2D eigenvalue weighted by atomic mass is 9.99. The Morgan fingerprint density at radius 2 is 1.85 bits per heavy atom. The Bertz CT molecular complexity index is 949. The molecule has 3 rings (SSSR count). The highest BCUT2D eigenvalue weighted by molar-refractivity contribution is 8.18. The van der Waals surface area contributed by atoms with Gasteiger partial charge in [-0.2, -0.15) is 0 Å². The molecule has 0 unspecified atom stereocenters. The van der Waals surface area contributed by atoms with Gasteiger partial charge in [0.1, 0.15) is 5.76 Å². The summed E-state index contributed by atoms with van der Waals surface area (Å²) in [5.74, 6) is -0.622. The Hall–Kier alpha value is -2.80. The molecule has 0 aliphatic carbocycles. The number of rotatable bonds is 4. The van der Waals surface area contributed by atoms with E-state index in [1.54, 1.807) is 12.1 Å². The smallest absolute Gasteiger partial charge is 0.373 e. The molecule has 27 heavy (non-hydrogen) atoms. The third-order valence-electron chi connectivity index (χ3n) is 4.25. The van der Waals surface area contributed by atoms with Crippen LogP contribution in [0, 0.1) is 20.8 Å². The van der Waals surface area contributed by atoms with Crippen LogP contribution in [0.4, 0.5) is 4.79 Å². The molecule has 1 aliphatic rings. The summed E-state index contributed by atoms with van der Waals surface area (Å²) in [5.41, 5.74) is 4.19. The highest BCUT2D eigenvalue weighted by Crippen LogP contribution is 2.34. The SMILES string of the molecule is COC(=O)c1ccc(CN2C(=O)SC(=Cc3c(C)cc(C)cc3C)C2=O)o1. The Balaban J connectivity index is 1.83. The molecule has 0 saturated carbocycles. The van der Waals surface area contributed by atoms with E-state index in [2.05, 4.69) is 4.74 Å². The number of nitrogens with zero attached hydrogens (tertiary/aromatic N) is 1. The molecule has 1 fully saturated rings. The van der Waals surface area contributed by atoms with Gasteiger partial charge >= 0.3 is 5.97 Å². The minimum absolute atomic E-state index is 0.0286. The first-order valence-electron chi connectivity index (χ1n) is 8.30. The van der Waals surface area contributed by atoms with Gasteiger partial charge in [0.2, 0.25) is 5.76 Å². The van der Waals surface area contributed by atoms with Gasteiger partial charge in [0, 0.05) is 0 Å². The summed E-state index contributed by atoms with van der Waals surface area (Å²) in [5, 5.41) is -0.371. The molecule has 0 bridgehead atoms. The van der Waals surface area contributed by atoms with Crippen molar-refractivity contribution in [1.29, 1.82) is 0 Å². The monoisotopic (exact) mass is 385 g/mol. The lowest BCUT2D eigenvalue weighted by Crippen LogP contribution is -2.27. The standard InChI is InChI=1S/C20H19NO5S/c1-11-7-12(2)15(13(3)8-11)9-17-18(22)21(20(24)27-17)10-14-5-6-16(26-14)19(23)25-4/h5-9H,10H2,1-4H3. The average Bonchev–Trinajstić information content (AvgIpc) is 3.18. The summed E-state index contributed by atoms with van der Waals surface area (Å²) in [6.07, 6.45) is 1.76. The zero-order valence-corrected chi connectivity index (χ0v) is 16.3. The number of aryl methyl sites for hydroxylation is 3. The number of carbonyl (C=O) groups is 3. The van der Waals surface area contributed by atoms with Crippen LogP contribution in [0.1, 0.15) is 38.6 Å². The third kappa shape index (κ3) is 3.83. The first kappa shape index (κ1) is 19.0. The number of methoxy groups -OCH3 is 1. The fraction of sp³-hybridized carbons (Fsp3) is 0.250. The summed E-state index contributed by atoms with van der Waals surface area (Å²) in [6.45, 7) is 5.94. The molecule has 2 amide bonds. The van der Waals surface area contributed by atoms with Gasteiger partial charge in [-0.25, -0.2) is 4.79 Å². The molecule has 0 spiro atoms. The number of amides is 2. The molecule has 7 heteroatoms. The lowest BCUT2D eigenvalue weighted by Gasteiger charge is -2.10. The second-order valence-electron chi connectivity index (χ2n) is 6.34. The highest BCUT2D eigenvalue weighted by Gasteiger charge is 2.36. The average molecular weight is 385 g/mol. The fourth-order valence-electron chi connectivity index (χ4n) is 3.02. The minimum atomic E-state index is -0.611. The van der Waals surface area contributed by atoms with Crippen molar-refractivity contribution in [3.8, 4) is 0 Å². The Labute approximate surface area is 161 Å². The van der Waals surface area contributed by atoms with Gasteiger partial charge in [0.05, 0.1) is 18.6 Å². The molecule has 6 nitrogen and oxygen atoms in total.